The second kappa shape index (κ2) is 7.09. The summed E-state index contributed by atoms with van der Waals surface area (Å²) in [6, 6.07) is 1.83. The van der Waals surface area contributed by atoms with Crippen LogP contribution in [0.4, 0.5) is 0 Å². The van der Waals surface area contributed by atoms with Gasteiger partial charge in [-0.1, -0.05) is 25.1 Å². The molecule has 2 rings (SSSR count). The summed E-state index contributed by atoms with van der Waals surface area (Å²) in [5, 5.41) is 12.5. The maximum Gasteiger partial charge on any atom is 0.316 e. The van der Waals surface area contributed by atoms with Crippen molar-refractivity contribution in [3.63, 3.8) is 0 Å². The molecule has 0 aliphatic rings. The minimum Gasteiger partial charge on any atom is -0.468 e. The van der Waals surface area contributed by atoms with Crippen molar-refractivity contribution in [1.29, 1.82) is 0 Å². The van der Waals surface area contributed by atoms with E-state index >= 15 is 0 Å². The standard InChI is InChI=1S/C12H16N4O3S/c1-3-4-7-16-9(5-6-13-16)11-14-15-12(19-11)20-8-10(17)18-2/h5-6H,3-4,7-8H2,1-2H3. The van der Waals surface area contributed by atoms with Crippen LogP contribution in [-0.4, -0.2) is 38.8 Å². The van der Waals surface area contributed by atoms with Crippen LogP contribution in [0, 0.1) is 0 Å². The van der Waals surface area contributed by atoms with Crippen molar-refractivity contribution in [3.8, 4) is 11.6 Å². The largest absolute Gasteiger partial charge is 0.468 e. The number of esters is 1. The van der Waals surface area contributed by atoms with Gasteiger partial charge in [0.05, 0.1) is 7.11 Å². The molecule has 0 radical (unpaired) electrons. The number of nitrogens with zero attached hydrogens (tertiary/aromatic N) is 4. The Kier molecular flexibility index (Phi) is 5.16. The fourth-order valence-electron chi connectivity index (χ4n) is 1.55. The molecule has 0 fully saturated rings. The van der Waals surface area contributed by atoms with Crippen LogP contribution >= 0.6 is 11.8 Å². The van der Waals surface area contributed by atoms with Crippen molar-refractivity contribution in [2.24, 2.45) is 0 Å². The summed E-state index contributed by atoms with van der Waals surface area (Å²) in [7, 11) is 1.34. The first-order chi connectivity index (χ1) is 9.74. The van der Waals surface area contributed by atoms with Crippen molar-refractivity contribution in [2.45, 2.75) is 31.5 Å². The highest BCUT2D eigenvalue weighted by molar-refractivity contribution is 7.99. The molecule has 0 atom stereocenters. The van der Waals surface area contributed by atoms with E-state index in [1.54, 1.807) is 6.20 Å². The van der Waals surface area contributed by atoms with Crippen molar-refractivity contribution < 1.29 is 13.9 Å². The van der Waals surface area contributed by atoms with Crippen LogP contribution < -0.4 is 0 Å². The van der Waals surface area contributed by atoms with Gasteiger partial charge < -0.3 is 9.15 Å². The molecule has 0 saturated heterocycles. The van der Waals surface area contributed by atoms with Gasteiger partial charge in [0.25, 0.3) is 11.1 Å². The van der Waals surface area contributed by atoms with Crippen LogP contribution in [0.2, 0.25) is 0 Å². The van der Waals surface area contributed by atoms with Crippen LogP contribution in [0.3, 0.4) is 0 Å². The Morgan fingerprint density at radius 2 is 2.35 bits per heavy atom. The quantitative estimate of drug-likeness (QED) is 0.570. The maximum atomic E-state index is 11.0. The molecule has 108 valence electrons. The molecule has 0 aromatic carbocycles. The SMILES string of the molecule is CCCCn1nccc1-c1nnc(SCC(=O)OC)o1. The number of hydrogen-bond donors (Lipinski definition) is 0. The lowest BCUT2D eigenvalue weighted by Crippen LogP contribution is -2.02. The maximum absolute atomic E-state index is 11.0. The lowest BCUT2D eigenvalue weighted by Gasteiger charge is -2.02. The molecule has 0 N–H and O–H groups in total. The molecule has 0 saturated carbocycles. The number of unbranched alkanes of at least 4 members (excludes halogenated alkanes) is 1. The van der Waals surface area contributed by atoms with E-state index in [0.29, 0.717) is 11.1 Å². The van der Waals surface area contributed by atoms with E-state index in [4.69, 9.17) is 4.42 Å². The van der Waals surface area contributed by atoms with Crippen LogP contribution in [0.1, 0.15) is 19.8 Å². The monoisotopic (exact) mass is 296 g/mol. The fraction of sp³-hybridized carbons (Fsp3) is 0.500. The third-order valence-corrected chi connectivity index (χ3v) is 3.40. The molecule has 0 spiro atoms. The number of hydrogen-bond acceptors (Lipinski definition) is 7. The smallest absolute Gasteiger partial charge is 0.316 e. The van der Waals surface area contributed by atoms with Gasteiger partial charge in [0, 0.05) is 12.7 Å². The fourth-order valence-corrected chi connectivity index (χ4v) is 2.15. The van der Waals surface area contributed by atoms with Crippen LogP contribution in [0.25, 0.3) is 11.6 Å². The van der Waals surface area contributed by atoms with E-state index in [0.717, 1.165) is 36.8 Å². The van der Waals surface area contributed by atoms with Crippen molar-refractivity contribution in [3.05, 3.63) is 12.3 Å². The Hall–Kier alpha value is -1.83. The lowest BCUT2D eigenvalue weighted by molar-refractivity contribution is -0.137. The zero-order chi connectivity index (χ0) is 14.4. The van der Waals surface area contributed by atoms with Crippen LogP contribution in [0.5, 0.6) is 0 Å². The summed E-state index contributed by atoms with van der Waals surface area (Å²) in [6.45, 7) is 2.93. The second-order valence-electron chi connectivity index (χ2n) is 4.03. The summed E-state index contributed by atoms with van der Waals surface area (Å²) in [5.41, 5.74) is 0.788. The number of aromatic nitrogens is 4. The van der Waals surface area contributed by atoms with E-state index < -0.39 is 0 Å². The number of carbonyl (C=O) groups is 1. The van der Waals surface area contributed by atoms with Crippen LogP contribution in [0.15, 0.2) is 21.9 Å². The molecule has 2 aromatic rings. The van der Waals surface area contributed by atoms with Gasteiger partial charge in [0.2, 0.25) is 0 Å². The summed E-state index contributed by atoms with van der Waals surface area (Å²) in [5.74, 6) is 0.224. The molecule has 0 aliphatic heterocycles. The Morgan fingerprint density at radius 1 is 1.50 bits per heavy atom. The number of carbonyl (C=O) groups excluding carboxylic acids is 1. The molecule has 20 heavy (non-hydrogen) atoms. The first kappa shape index (κ1) is 14.6. The highest BCUT2D eigenvalue weighted by Crippen LogP contribution is 2.23. The van der Waals surface area contributed by atoms with E-state index in [2.05, 4.69) is 27.0 Å². The van der Waals surface area contributed by atoms with Gasteiger partial charge in [0.1, 0.15) is 11.4 Å². The molecule has 2 heterocycles. The number of rotatable bonds is 7. The number of ether oxygens (including phenoxy) is 1. The van der Waals surface area contributed by atoms with E-state index in [1.807, 2.05) is 10.7 Å². The normalized spacial score (nSPS) is 10.7. The summed E-state index contributed by atoms with van der Waals surface area (Å²) in [4.78, 5) is 11.0. The zero-order valence-electron chi connectivity index (χ0n) is 11.4. The molecule has 0 bridgehead atoms. The van der Waals surface area contributed by atoms with Crippen LogP contribution in [-0.2, 0) is 16.1 Å². The minimum absolute atomic E-state index is 0.146. The molecule has 8 heteroatoms. The highest BCUT2D eigenvalue weighted by atomic mass is 32.2. The topological polar surface area (TPSA) is 83.0 Å². The Bertz CT molecular complexity index is 567. The molecular formula is C12H16N4O3S. The van der Waals surface area contributed by atoms with Gasteiger partial charge in [-0.05, 0) is 12.5 Å². The van der Waals surface area contributed by atoms with Crippen molar-refractivity contribution in [2.75, 3.05) is 12.9 Å². The molecular weight excluding hydrogens is 280 g/mol. The van der Waals surface area contributed by atoms with Crippen molar-refractivity contribution >= 4 is 17.7 Å². The van der Waals surface area contributed by atoms with Gasteiger partial charge in [0.15, 0.2) is 0 Å². The molecule has 0 unspecified atom stereocenters. The Balaban J connectivity index is 2.04. The second-order valence-corrected chi connectivity index (χ2v) is 4.96. The van der Waals surface area contributed by atoms with Gasteiger partial charge in [-0.25, -0.2) is 0 Å². The number of thioether (sulfide) groups is 1. The first-order valence-electron chi connectivity index (χ1n) is 6.30. The van der Waals surface area contributed by atoms with Gasteiger partial charge >= 0.3 is 5.97 Å². The first-order valence-corrected chi connectivity index (χ1v) is 7.28. The number of aryl methyl sites for hydroxylation is 1. The lowest BCUT2D eigenvalue weighted by atomic mass is 10.3. The summed E-state index contributed by atoms with van der Waals surface area (Å²) < 4.78 is 11.9. The third kappa shape index (κ3) is 3.60. The van der Waals surface area contributed by atoms with E-state index in [9.17, 15) is 4.79 Å². The predicted molar refractivity (Wildman–Crippen MR) is 73.2 cm³/mol. The van der Waals surface area contributed by atoms with Gasteiger partial charge in [-0.3, -0.25) is 9.48 Å². The molecule has 2 aromatic heterocycles. The Morgan fingerprint density at radius 3 is 3.10 bits per heavy atom. The van der Waals surface area contributed by atoms with Crippen molar-refractivity contribution in [1.82, 2.24) is 20.0 Å². The zero-order valence-corrected chi connectivity index (χ0v) is 12.2. The van der Waals surface area contributed by atoms with Gasteiger partial charge in [-0.15, -0.1) is 10.2 Å². The number of methoxy groups -OCH3 is 1. The average molecular weight is 296 g/mol. The van der Waals surface area contributed by atoms with Gasteiger partial charge in [-0.2, -0.15) is 5.10 Å². The Labute approximate surface area is 120 Å². The van der Waals surface area contributed by atoms with E-state index in [-0.39, 0.29) is 11.7 Å². The third-order valence-electron chi connectivity index (χ3n) is 2.61. The van der Waals surface area contributed by atoms with E-state index in [1.165, 1.54) is 7.11 Å². The average Bonchev–Trinajstić information content (AvgIpc) is 3.10. The summed E-state index contributed by atoms with van der Waals surface area (Å²) in [6.07, 6.45) is 3.83. The highest BCUT2D eigenvalue weighted by Gasteiger charge is 2.14. The summed E-state index contributed by atoms with van der Waals surface area (Å²) >= 11 is 1.15. The minimum atomic E-state index is -0.331. The molecule has 0 amide bonds. The molecule has 0 aliphatic carbocycles. The molecule has 7 nitrogen and oxygen atoms in total. The predicted octanol–water partition coefficient (Wildman–Crippen LogP) is 2.00.